The number of benzene rings is 1. The van der Waals surface area contributed by atoms with Gasteiger partial charge in [-0.3, -0.25) is 47.9 Å². The summed E-state index contributed by atoms with van der Waals surface area (Å²) in [7, 11) is 4.26. The summed E-state index contributed by atoms with van der Waals surface area (Å²) in [5, 5.41) is 20.1. The lowest BCUT2D eigenvalue weighted by atomic mass is 9.91. The maximum atomic E-state index is 15.0. The molecule has 3 aliphatic heterocycles. The number of nitrogens with zero attached hydrogens (tertiary/aromatic N) is 4. The number of ether oxygens (including phenoxy) is 3. The van der Waals surface area contributed by atoms with E-state index in [0.717, 1.165) is 6.92 Å². The van der Waals surface area contributed by atoms with Gasteiger partial charge in [-0.1, -0.05) is 73.9 Å². The SMILES string of the molecule is CCC(C)C1NC(=O)C(NC(=O)C(CC(C)C)N(C)C(=O)C2CCCN2C(=O)C(C)=O)C(C)OC(=O)C(Cc2ccc(OC)cc2)N(C)C(=O)C2CCCN2C(=O)C(CC(C)C)NC(=O)C(C)C(=O)C(C(C)C)OC(=O)CC1O. The van der Waals surface area contributed by atoms with E-state index in [1.807, 2.05) is 27.7 Å². The standard InChI is InChI=1S/C57H87N7O15/c1-15-33(8)46-44(66)29-45(67)79-49(32(6)7)48(68)34(9)50(69)58-39(26-30(2)3)54(73)64-25-17-19-41(64)56(75)62(13)43(28-37-20-22-38(77-14)23-21-37)57(76)78-36(11)47(52(71)59-46)60-51(70)42(27-31(4)5)61(12)55(74)40-18-16-24-63(40)53(72)35(10)65/h20-23,30-34,36,39-44,46-47,49,66H,15-19,24-29H2,1-14H3,(H,58,69)(H,59,71)(H,60,70). The summed E-state index contributed by atoms with van der Waals surface area (Å²) in [6.45, 7) is 18.1. The van der Waals surface area contributed by atoms with Crippen molar-refractivity contribution in [2.45, 2.75) is 195 Å². The lowest BCUT2D eigenvalue weighted by molar-refractivity contribution is -0.163. The van der Waals surface area contributed by atoms with E-state index in [0.29, 0.717) is 30.6 Å². The Balaban J connectivity index is 1.89. The minimum Gasteiger partial charge on any atom is -0.497 e. The highest BCUT2D eigenvalue weighted by atomic mass is 16.6. The molecule has 0 radical (unpaired) electrons. The molecule has 0 saturated carbocycles. The van der Waals surface area contributed by atoms with Gasteiger partial charge in [0.15, 0.2) is 11.9 Å². The van der Waals surface area contributed by atoms with Crippen molar-refractivity contribution in [1.29, 1.82) is 0 Å². The van der Waals surface area contributed by atoms with Gasteiger partial charge in [-0.05, 0) is 93.7 Å². The molecule has 0 aliphatic carbocycles. The molecule has 22 nitrogen and oxygen atoms in total. The van der Waals surface area contributed by atoms with Gasteiger partial charge in [-0.25, -0.2) is 4.79 Å². The molecule has 4 rings (SSSR count). The second kappa shape index (κ2) is 29.1. The molecule has 440 valence electrons. The molecule has 4 N–H and O–H groups in total. The number of likely N-dealkylation sites (tertiary alicyclic amines) is 1. The van der Waals surface area contributed by atoms with Gasteiger partial charge in [0.05, 0.1) is 31.6 Å². The van der Waals surface area contributed by atoms with Crippen LogP contribution < -0.4 is 20.7 Å². The molecule has 3 aliphatic rings. The van der Waals surface area contributed by atoms with E-state index >= 15 is 0 Å². The Kier molecular flexibility index (Phi) is 24.0. The van der Waals surface area contributed by atoms with Crippen LogP contribution in [0.1, 0.15) is 133 Å². The lowest BCUT2D eigenvalue weighted by Crippen LogP contribution is -2.62. The molecule has 3 fully saturated rings. The number of cyclic esters (lactones) is 2. The summed E-state index contributed by atoms with van der Waals surface area (Å²) in [4.78, 5) is 160. The lowest BCUT2D eigenvalue weighted by Gasteiger charge is -2.36. The third-order valence-electron chi connectivity index (χ3n) is 15.4. The normalized spacial score (nSPS) is 27.2. The second-order valence-electron chi connectivity index (χ2n) is 22.8. The molecule has 12 unspecified atom stereocenters. The van der Waals surface area contributed by atoms with Crippen molar-refractivity contribution >= 4 is 64.9 Å². The fraction of sp³-hybridized carbons (Fsp3) is 0.702. The fourth-order valence-electron chi connectivity index (χ4n) is 10.5. The van der Waals surface area contributed by atoms with Crippen LogP contribution in [0.4, 0.5) is 0 Å². The van der Waals surface area contributed by atoms with Crippen molar-refractivity contribution in [2.24, 2.45) is 29.6 Å². The van der Waals surface area contributed by atoms with Crippen LogP contribution in [0.5, 0.6) is 5.75 Å². The molecule has 3 heterocycles. The first kappa shape index (κ1) is 65.1. The minimum atomic E-state index is -1.78. The largest absolute Gasteiger partial charge is 0.497 e. The maximum Gasteiger partial charge on any atom is 0.329 e. The van der Waals surface area contributed by atoms with Crippen LogP contribution in [0.2, 0.25) is 0 Å². The van der Waals surface area contributed by atoms with Crippen molar-refractivity contribution in [3.8, 4) is 5.75 Å². The third-order valence-corrected chi connectivity index (χ3v) is 15.4. The zero-order valence-electron chi connectivity index (χ0n) is 48.7. The summed E-state index contributed by atoms with van der Waals surface area (Å²) in [6, 6.07) is -2.32. The molecule has 0 aromatic heterocycles. The van der Waals surface area contributed by atoms with Gasteiger partial charge in [0, 0.05) is 40.5 Å². The van der Waals surface area contributed by atoms with Crippen LogP contribution in [0.3, 0.4) is 0 Å². The Bertz CT molecular complexity index is 2380. The highest BCUT2D eigenvalue weighted by Crippen LogP contribution is 2.27. The van der Waals surface area contributed by atoms with Crippen LogP contribution in [0.25, 0.3) is 0 Å². The van der Waals surface area contributed by atoms with Gasteiger partial charge in [0.25, 0.3) is 5.91 Å². The van der Waals surface area contributed by atoms with Crippen molar-refractivity contribution in [1.82, 2.24) is 35.6 Å². The van der Waals surface area contributed by atoms with E-state index < -0.39 is 150 Å². The number of esters is 2. The maximum absolute atomic E-state index is 15.0. The third kappa shape index (κ3) is 16.8. The smallest absolute Gasteiger partial charge is 0.329 e. The summed E-state index contributed by atoms with van der Waals surface area (Å²) in [6.07, 6.45) is -3.76. The van der Waals surface area contributed by atoms with Crippen LogP contribution in [-0.4, -0.2) is 184 Å². The monoisotopic (exact) mass is 1110 g/mol. The molecule has 0 bridgehead atoms. The number of carbonyl (C=O) groups excluding carboxylic acids is 11. The first-order valence-electron chi connectivity index (χ1n) is 27.9. The van der Waals surface area contributed by atoms with Gasteiger partial charge >= 0.3 is 11.9 Å². The fourth-order valence-corrected chi connectivity index (χ4v) is 10.5. The number of aliphatic hydroxyl groups is 1. The van der Waals surface area contributed by atoms with E-state index in [1.165, 1.54) is 54.7 Å². The number of amides is 7. The van der Waals surface area contributed by atoms with Crippen LogP contribution in [0.15, 0.2) is 24.3 Å². The van der Waals surface area contributed by atoms with E-state index in [2.05, 4.69) is 16.0 Å². The Hall–Kier alpha value is -6.45. The highest BCUT2D eigenvalue weighted by Gasteiger charge is 2.46. The van der Waals surface area contributed by atoms with Gasteiger partial charge < -0.3 is 54.9 Å². The van der Waals surface area contributed by atoms with Gasteiger partial charge in [-0.15, -0.1) is 0 Å². The summed E-state index contributed by atoms with van der Waals surface area (Å²) in [5.74, 6) is -11.3. The van der Waals surface area contributed by atoms with E-state index in [4.69, 9.17) is 14.2 Å². The van der Waals surface area contributed by atoms with Crippen LogP contribution in [0, 0.1) is 29.6 Å². The molecule has 3 saturated heterocycles. The second-order valence-corrected chi connectivity index (χ2v) is 22.8. The first-order chi connectivity index (χ1) is 37.0. The number of aliphatic hydroxyl groups excluding tert-OH is 1. The van der Waals surface area contributed by atoms with Crippen molar-refractivity contribution in [2.75, 3.05) is 34.3 Å². The summed E-state index contributed by atoms with van der Waals surface area (Å²) < 4.78 is 17.2. The van der Waals surface area contributed by atoms with Crippen molar-refractivity contribution in [3.63, 3.8) is 0 Å². The number of Topliss-reactive ketones (excluding diaryl/α,β-unsaturated/α-hetero) is 2. The number of ketones is 2. The molecule has 0 spiro atoms. The molecule has 79 heavy (non-hydrogen) atoms. The highest BCUT2D eigenvalue weighted by molar-refractivity contribution is 6.35. The number of fused-ring (bicyclic) bond motifs is 1. The molecule has 12 atom stereocenters. The van der Waals surface area contributed by atoms with E-state index in [9.17, 15) is 57.8 Å². The zero-order chi connectivity index (χ0) is 59.3. The number of hydrogen-bond donors (Lipinski definition) is 4. The average Bonchev–Trinajstić information content (AvgIpc) is 4.13. The Morgan fingerprint density at radius 2 is 1.49 bits per heavy atom. The first-order valence-corrected chi connectivity index (χ1v) is 27.9. The average molecular weight is 1110 g/mol. The predicted molar refractivity (Wildman–Crippen MR) is 289 cm³/mol. The Morgan fingerprint density at radius 1 is 0.861 bits per heavy atom. The van der Waals surface area contributed by atoms with Gasteiger partial charge in [0.1, 0.15) is 48.1 Å². The number of likely N-dealkylation sites (N-methyl/N-ethyl adjacent to an activating group) is 2. The quantitative estimate of drug-likeness (QED) is 0.112. The van der Waals surface area contributed by atoms with Gasteiger partial charge in [-0.2, -0.15) is 0 Å². The Labute approximate surface area is 465 Å². The molecule has 1 aromatic rings. The van der Waals surface area contributed by atoms with Gasteiger partial charge in [0.2, 0.25) is 41.2 Å². The van der Waals surface area contributed by atoms with Crippen molar-refractivity contribution in [3.05, 3.63) is 29.8 Å². The number of nitrogens with one attached hydrogen (secondary N) is 3. The summed E-state index contributed by atoms with van der Waals surface area (Å²) in [5.41, 5.74) is 0.566. The number of hydrogen-bond acceptors (Lipinski definition) is 15. The van der Waals surface area contributed by atoms with Crippen LogP contribution >= 0.6 is 0 Å². The molecular weight excluding hydrogens is 1020 g/mol. The summed E-state index contributed by atoms with van der Waals surface area (Å²) >= 11 is 0. The predicted octanol–water partition coefficient (Wildman–Crippen LogP) is 2.52. The Morgan fingerprint density at radius 3 is 2.06 bits per heavy atom. The molecular formula is C57H87N7O15. The zero-order valence-corrected chi connectivity index (χ0v) is 48.7. The minimum absolute atomic E-state index is 0.0545. The number of methoxy groups -OCH3 is 1. The molecule has 22 heteroatoms. The number of carbonyl (C=O) groups is 11. The van der Waals surface area contributed by atoms with Crippen LogP contribution in [-0.2, 0) is 68.6 Å². The molecule has 7 amide bonds. The topological polar surface area (TPSA) is 285 Å². The van der Waals surface area contributed by atoms with Crippen molar-refractivity contribution < 1.29 is 72.1 Å². The van der Waals surface area contributed by atoms with E-state index in [1.54, 1.807) is 52.0 Å². The molecule has 1 aromatic carbocycles. The van der Waals surface area contributed by atoms with E-state index in [-0.39, 0.29) is 57.0 Å². The number of rotatable bonds is 15.